The highest BCUT2D eigenvalue weighted by molar-refractivity contribution is 7.18. The topological polar surface area (TPSA) is 54.5 Å². The molecule has 2 rings (SSSR count). The third kappa shape index (κ3) is 4.07. The number of methoxy groups -OCH3 is 1. The number of nitrogens with one attached hydrogen (secondary N) is 1. The Morgan fingerprint density at radius 2 is 2.25 bits per heavy atom. The van der Waals surface area contributed by atoms with Gasteiger partial charge in [-0.1, -0.05) is 29.9 Å². The van der Waals surface area contributed by atoms with Gasteiger partial charge < -0.3 is 15.0 Å². The summed E-state index contributed by atoms with van der Waals surface area (Å²) in [6.45, 7) is 6.54. The number of hydrogen-bond acceptors (Lipinski definition) is 6. The van der Waals surface area contributed by atoms with Gasteiger partial charge in [-0.3, -0.25) is 0 Å². The molecule has 0 aromatic carbocycles. The first-order chi connectivity index (χ1) is 9.60. The summed E-state index contributed by atoms with van der Waals surface area (Å²) >= 11 is 7.16. The number of carbonyl (C=O) groups is 1. The van der Waals surface area contributed by atoms with Crippen molar-refractivity contribution in [3.63, 3.8) is 0 Å². The van der Waals surface area contributed by atoms with E-state index in [1.54, 1.807) is 0 Å². The Balaban J connectivity index is 1.82. The Hall–Kier alpha value is -0.850. The molecule has 1 aromatic rings. The number of ether oxygens (including phenoxy) is 1. The van der Waals surface area contributed by atoms with E-state index in [1.807, 2.05) is 0 Å². The second kappa shape index (κ2) is 7.24. The minimum Gasteiger partial charge on any atom is -0.465 e. The SMILES string of the molecule is COC(=O)c1sc(NCC(C)CN2CCCC2)nc1Cl. The summed E-state index contributed by atoms with van der Waals surface area (Å²) in [4.78, 5) is 18.4. The highest BCUT2D eigenvalue weighted by Crippen LogP contribution is 2.27. The molecular formula is C13H20ClN3O2S. The fourth-order valence-electron chi connectivity index (χ4n) is 2.33. The van der Waals surface area contributed by atoms with E-state index in [9.17, 15) is 4.79 Å². The van der Waals surface area contributed by atoms with Crippen LogP contribution in [0.5, 0.6) is 0 Å². The highest BCUT2D eigenvalue weighted by atomic mass is 35.5. The molecule has 1 aliphatic heterocycles. The van der Waals surface area contributed by atoms with Crippen LogP contribution in [0.1, 0.15) is 29.4 Å². The van der Waals surface area contributed by atoms with Gasteiger partial charge in [0.2, 0.25) is 0 Å². The average molecular weight is 318 g/mol. The second-order valence-corrected chi connectivity index (χ2v) is 6.48. The van der Waals surface area contributed by atoms with E-state index in [0.717, 1.165) is 13.1 Å². The molecule has 0 saturated carbocycles. The van der Waals surface area contributed by atoms with E-state index in [2.05, 4.69) is 26.9 Å². The molecule has 1 N–H and O–H groups in total. The maximum absolute atomic E-state index is 11.4. The van der Waals surface area contributed by atoms with Crippen LogP contribution in [0, 0.1) is 5.92 Å². The minimum absolute atomic E-state index is 0.205. The van der Waals surface area contributed by atoms with Crippen LogP contribution in [0.3, 0.4) is 0 Å². The molecule has 0 aliphatic carbocycles. The van der Waals surface area contributed by atoms with Gasteiger partial charge in [-0.2, -0.15) is 0 Å². The second-order valence-electron chi connectivity index (χ2n) is 5.12. The van der Waals surface area contributed by atoms with Gasteiger partial charge >= 0.3 is 5.97 Å². The van der Waals surface area contributed by atoms with Crippen molar-refractivity contribution >= 4 is 34.0 Å². The molecule has 0 amide bonds. The Labute approximate surface area is 128 Å². The van der Waals surface area contributed by atoms with Gasteiger partial charge in [0.15, 0.2) is 15.2 Å². The first-order valence-corrected chi connectivity index (χ1v) is 8.00. The maximum Gasteiger partial charge on any atom is 0.351 e. The van der Waals surface area contributed by atoms with E-state index < -0.39 is 5.97 Å². The monoisotopic (exact) mass is 317 g/mol. The lowest BCUT2D eigenvalue weighted by Crippen LogP contribution is -2.28. The number of aromatic nitrogens is 1. The predicted molar refractivity (Wildman–Crippen MR) is 81.8 cm³/mol. The summed E-state index contributed by atoms with van der Waals surface area (Å²) in [5.41, 5.74) is 0. The summed E-state index contributed by atoms with van der Waals surface area (Å²) in [5.74, 6) is 0.0861. The molecule has 112 valence electrons. The lowest BCUT2D eigenvalue weighted by molar-refractivity contribution is 0.0606. The zero-order valence-electron chi connectivity index (χ0n) is 11.8. The van der Waals surface area contributed by atoms with Gasteiger partial charge in [0, 0.05) is 13.1 Å². The fraction of sp³-hybridized carbons (Fsp3) is 0.692. The molecule has 1 atom stereocenters. The summed E-state index contributed by atoms with van der Waals surface area (Å²) in [7, 11) is 1.34. The standard InChI is InChI=1S/C13H20ClN3O2S/c1-9(8-17-5-3-4-6-17)7-15-13-16-11(14)10(20-13)12(18)19-2/h9H,3-8H2,1-2H3,(H,15,16). The number of esters is 1. The van der Waals surface area contributed by atoms with Gasteiger partial charge in [0.1, 0.15) is 0 Å². The Kier molecular flexibility index (Phi) is 5.63. The van der Waals surface area contributed by atoms with Crippen molar-refractivity contribution in [1.29, 1.82) is 0 Å². The van der Waals surface area contributed by atoms with Crippen LogP contribution < -0.4 is 5.32 Å². The molecular weight excluding hydrogens is 298 g/mol. The van der Waals surface area contributed by atoms with Gasteiger partial charge in [0.05, 0.1) is 7.11 Å². The van der Waals surface area contributed by atoms with Crippen molar-refractivity contribution in [3.8, 4) is 0 Å². The van der Waals surface area contributed by atoms with Crippen LogP contribution in [0.2, 0.25) is 5.15 Å². The summed E-state index contributed by atoms with van der Waals surface area (Å²) in [6, 6.07) is 0. The number of hydrogen-bond donors (Lipinski definition) is 1. The number of anilines is 1. The Bertz CT molecular complexity index is 460. The van der Waals surface area contributed by atoms with Crippen LogP contribution in [-0.2, 0) is 4.74 Å². The van der Waals surface area contributed by atoms with Crippen molar-refractivity contribution in [1.82, 2.24) is 9.88 Å². The number of thiazole rings is 1. The zero-order chi connectivity index (χ0) is 14.5. The number of nitrogens with zero attached hydrogens (tertiary/aromatic N) is 2. The van der Waals surface area contributed by atoms with Crippen LogP contribution in [-0.4, -0.2) is 49.1 Å². The molecule has 0 spiro atoms. The smallest absolute Gasteiger partial charge is 0.351 e. The molecule has 20 heavy (non-hydrogen) atoms. The number of carbonyl (C=O) groups excluding carboxylic acids is 1. The highest BCUT2D eigenvalue weighted by Gasteiger charge is 2.18. The van der Waals surface area contributed by atoms with Crippen molar-refractivity contribution < 1.29 is 9.53 Å². The average Bonchev–Trinajstić information content (AvgIpc) is 3.05. The minimum atomic E-state index is -0.439. The third-order valence-electron chi connectivity index (χ3n) is 3.33. The van der Waals surface area contributed by atoms with Gasteiger partial charge in [0.25, 0.3) is 0 Å². The Morgan fingerprint density at radius 3 is 2.90 bits per heavy atom. The van der Waals surface area contributed by atoms with Gasteiger partial charge in [-0.05, 0) is 31.8 Å². The van der Waals surface area contributed by atoms with Crippen LogP contribution >= 0.6 is 22.9 Å². The van der Waals surface area contributed by atoms with Crippen molar-refractivity contribution in [2.24, 2.45) is 5.92 Å². The first kappa shape index (κ1) is 15.5. The van der Waals surface area contributed by atoms with Crippen LogP contribution in [0.15, 0.2) is 0 Å². The molecule has 5 nitrogen and oxygen atoms in total. The number of halogens is 1. The fourth-order valence-corrected chi connectivity index (χ4v) is 3.44. The third-order valence-corrected chi connectivity index (χ3v) is 4.71. The lowest BCUT2D eigenvalue weighted by Gasteiger charge is -2.20. The quantitative estimate of drug-likeness (QED) is 0.818. The molecule has 1 fully saturated rings. The maximum atomic E-state index is 11.4. The zero-order valence-corrected chi connectivity index (χ0v) is 13.4. The van der Waals surface area contributed by atoms with Crippen LogP contribution in [0.25, 0.3) is 0 Å². The van der Waals surface area contributed by atoms with E-state index >= 15 is 0 Å². The molecule has 0 radical (unpaired) electrons. The van der Waals surface area contributed by atoms with Gasteiger partial charge in [-0.25, -0.2) is 9.78 Å². The molecule has 7 heteroatoms. The Morgan fingerprint density at radius 1 is 1.55 bits per heavy atom. The number of rotatable bonds is 6. The molecule has 1 saturated heterocycles. The van der Waals surface area contributed by atoms with E-state index in [1.165, 1.54) is 44.4 Å². The van der Waals surface area contributed by atoms with E-state index in [0.29, 0.717) is 15.9 Å². The lowest BCUT2D eigenvalue weighted by atomic mass is 10.2. The summed E-state index contributed by atoms with van der Waals surface area (Å²) < 4.78 is 4.66. The van der Waals surface area contributed by atoms with Crippen molar-refractivity contribution in [2.45, 2.75) is 19.8 Å². The summed E-state index contributed by atoms with van der Waals surface area (Å²) in [6.07, 6.45) is 2.62. The predicted octanol–water partition coefficient (Wildman–Crippen LogP) is 2.73. The normalized spacial score (nSPS) is 17.1. The first-order valence-electron chi connectivity index (χ1n) is 6.81. The van der Waals surface area contributed by atoms with Crippen molar-refractivity contribution in [2.75, 3.05) is 38.6 Å². The van der Waals surface area contributed by atoms with E-state index in [4.69, 9.17) is 11.6 Å². The van der Waals surface area contributed by atoms with Gasteiger partial charge in [-0.15, -0.1) is 0 Å². The molecule has 1 aliphatic rings. The van der Waals surface area contributed by atoms with Crippen molar-refractivity contribution in [3.05, 3.63) is 10.0 Å². The molecule has 1 unspecified atom stereocenters. The van der Waals surface area contributed by atoms with E-state index in [-0.39, 0.29) is 5.15 Å². The number of likely N-dealkylation sites (tertiary alicyclic amines) is 1. The largest absolute Gasteiger partial charge is 0.465 e. The van der Waals surface area contributed by atoms with Crippen LogP contribution in [0.4, 0.5) is 5.13 Å². The summed E-state index contributed by atoms with van der Waals surface area (Å²) in [5, 5.41) is 4.12. The molecule has 2 heterocycles. The molecule has 1 aromatic heterocycles. The molecule has 0 bridgehead atoms.